The third-order valence-electron chi connectivity index (χ3n) is 3.08. The monoisotopic (exact) mass is 318 g/mol. The molecule has 0 aliphatic carbocycles. The number of fused-ring (bicyclic) bond motifs is 1. The van der Waals surface area contributed by atoms with Gasteiger partial charge in [0.1, 0.15) is 5.82 Å². The third-order valence-corrected chi connectivity index (χ3v) is 4.61. The summed E-state index contributed by atoms with van der Waals surface area (Å²) in [6, 6.07) is 2.93. The maximum atomic E-state index is 13.7. The van der Waals surface area contributed by atoms with E-state index in [-0.39, 0.29) is 11.6 Å². The summed E-state index contributed by atoms with van der Waals surface area (Å²) in [6.45, 7) is 2.41. The summed E-state index contributed by atoms with van der Waals surface area (Å²) in [7, 11) is 0.543. The Hall–Kier alpha value is -1.14. The third kappa shape index (κ3) is 2.96. The van der Waals surface area contributed by atoms with E-state index in [1.807, 2.05) is 11.5 Å². The van der Waals surface area contributed by atoms with Crippen LogP contribution in [0.5, 0.6) is 5.75 Å². The Kier molecular flexibility index (Phi) is 4.99. The van der Waals surface area contributed by atoms with Gasteiger partial charge >= 0.3 is 0 Å². The van der Waals surface area contributed by atoms with Crippen molar-refractivity contribution in [3.8, 4) is 5.75 Å². The summed E-state index contributed by atoms with van der Waals surface area (Å²) >= 11 is 5.88. The van der Waals surface area contributed by atoms with E-state index in [4.69, 9.17) is 16.3 Å². The van der Waals surface area contributed by atoms with Crippen molar-refractivity contribution in [2.45, 2.75) is 19.3 Å². The lowest BCUT2D eigenvalue weighted by molar-refractivity contribution is 0.387. The van der Waals surface area contributed by atoms with Crippen LogP contribution in [0.2, 0.25) is 0 Å². The van der Waals surface area contributed by atoms with Crippen LogP contribution in [-0.4, -0.2) is 32.4 Å². The number of rotatable bonds is 6. The van der Waals surface area contributed by atoms with Crippen molar-refractivity contribution < 1.29 is 13.3 Å². The van der Waals surface area contributed by atoms with Crippen LogP contribution in [0.4, 0.5) is 4.39 Å². The van der Waals surface area contributed by atoms with Gasteiger partial charge in [-0.1, -0.05) is 6.92 Å². The van der Waals surface area contributed by atoms with Gasteiger partial charge in [0.25, 0.3) is 0 Å². The molecule has 110 valence electrons. The van der Waals surface area contributed by atoms with E-state index in [2.05, 4.69) is 4.98 Å². The van der Waals surface area contributed by atoms with Crippen molar-refractivity contribution in [1.29, 1.82) is 0 Å². The molecule has 1 aromatic heterocycles. The van der Waals surface area contributed by atoms with Gasteiger partial charge < -0.3 is 9.30 Å². The molecule has 2 rings (SSSR count). The molecule has 0 saturated heterocycles. The number of ether oxygens (including phenoxy) is 1. The quantitative estimate of drug-likeness (QED) is 0.769. The van der Waals surface area contributed by atoms with Crippen LogP contribution in [0.15, 0.2) is 12.1 Å². The molecule has 0 aliphatic heterocycles. The molecular formula is C13H16ClFN2O2S. The second-order valence-corrected chi connectivity index (χ2v) is 6.35. The highest BCUT2D eigenvalue weighted by atomic mass is 35.5. The Labute approximate surface area is 124 Å². The lowest BCUT2D eigenvalue weighted by atomic mass is 10.3. The number of aromatic nitrogens is 2. The van der Waals surface area contributed by atoms with E-state index >= 15 is 0 Å². The fraction of sp³-hybridized carbons (Fsp3) is 0.462. The number of imidazole rings is 1. The van der Waals surface area contributed by atoms with Crippen LogP contribution in [0.25, 0.3) is 11.0 Å². The summed E-state index contributed by atoms with van der Waals surface area (Å²) in [5.41, 5.74) is 1.27. The number of hydrogen-bond donors (Lipinski definition) is 0. The van der Waals surface area contributed by atoms with Crippen molar-refractivity contribution in [1.82, 2.24) is 9.55 Å². The standard InChI is InChI=1S/C13H16ClFN2O2S/c1-3-20(18)5-4-17-11-7-12(19-2)9(15)6-10(11)16-13(17)8-14/h6-7H,3-5,8H2,1-2H3. The zero-order valence-electron chi connectivity index (χ0n) is 11.4. The molecule has 7 heteroatoms. The van der Waals surface area contributed by atoms with Gasteiger partial charge in [-0.2, -0.15) is 0 Å². The number of hydrogen-bond acceptors (Lipinski definition) is 3. The number of aryl methyl sites for hydroxylation is 1. The predicted octanol–water partition coefficient (Wildman–Crippen LogP) is 2.69. The van der Waals surface area contributed by atoms with Crippen LogP contribution in [-0.2, 0) is 23.2 Å². The van der Waals surface area contributed by atoms with E-state index in [1.54, 1.807) is 6.07 Å². The van der Waals surface area contributed by atoms with E-state index < -0.39 is 16.6 Å². The van der Waals surface area contributed by atoms with E-state index in [1.165, 1.54) is 13.2 Å². The zero-order chi connectivity index (χ0) is 14.7. The van der Waals surface area contributed by atoms with Crippen molar-refractivity contribution in [2.75, 3.05) is 18.6 Å². The second kappa shape index (κ2) is 6.54. The topological polar surface area (TPSA) is 44.1 Å². The van der Waals surface area contributed by atoms with Gasteiger partial charge in [-0.25, -0.2) is 9.37 Å². The van der Waals surface area contributed by atoms with Gasteiger partial charge in [-0.3, -0.25) is 4.21 Å². The highest BCUT2D eigenvalue weighted by Gasteiger charge is 2.14. The molecule has 0 N–H and O–H groups in total. The second-order valence-electron chi connectivity index (χ2n) is 4.22. The Morgan fingerprint density at radius 3 is 2.85 bits per heavy atom. The highest BCUT2D eigenvalue weighted by Crippen LogP contribution is 2.26. The van der Waals surface area contributed by atoms with Gasteiger partial charge in [-0.15, -0.1) is 11.6 Å². The zero-order valence-corrected chi connectivity index (χ0v) is 12.9. The SMILES string of the molecule is CCS(=O)CCn1c(CCl)nc2cc(F)c(OC)cc21. The lowest BCUT2D eigenvalue weighted by Crippen LogP contribution is -2.11. The van der Waals surface area contributed by atoms with Crippen LogP contribution in [0, 0.1) is 5.82 Å². The van der Waals surface area contributed by atoms with Crippen molar-refractivity contribution in [3.05, 3.63) is 23.8 Å². The molecular weight excluding hydrogens is 303 g/mol. The van der Waals surface area contributed by atoms with E-state index in [9.17, 15) is 8.60 Å². The molecule has 0 bridgehead atoms. The first-order valence-electron chi connectivity index (χ1n) is 6.24. The molecule has 1 aromatic carbocycles. The van der Waals surface area contributed by atoms with Crippen molar-refractivity contribution in [3.63, 3.8) is 0 Å². The Balaban J connectivity index is 2.46. The minimum absolute atomic E-state index is 0.163. The molecule has 0 amide bonds. The maximum absolute atomic E-state index is 13.7. The Morgan fingerprint density at radius 1 is 1.50 bits per heavy atom. The number of benzene rings is 1. The van der Waals surface area contributed by atoms with Crippen molar-refractivity contribution >= 4 is 33.4 Å². The summed E-state index contributed by atoms with van der Waals surface area (Å²) < 4.78 is 32.1. The number of nitrogens with zero attached hydrogens (tertiary/aromatic N) is 2. The Morgan fingerprint density at radius 2 is 2.25 bits per heavy atom. The molecule has 0 aliphatic rings. The summed E-state index contributed by atoms with van der Waals surface area (Å²) in [5.74, 6) is 1.70. The number of halogens is 2. The average molecular weight is 319 g/mol. The molecule has 1 heterocycles. The van der Waals surface area contributed by atoms with Crippen LogP contribution in [0.1, 0.15) is 12.7 Å². The van der Waals surface area contributed by atoms with Gasteiger partial charge in [-0.05, 0) is 0 Å². The number of methoxy groups -OCH3 is 1. The van der Waals surface area contributed by atoms with Gasteiger partial charge in [0.2, 0.25) is 0 Å². The largest absolute Gasteiger partial charge is 0.494 e. The molecule has 20 heavy (non-hydrogen) atoms. The molecule has 2 aromatic rings. The van der Waals surface area contributed by atoms with Gasteiger partial charge in [0.05, 0.1) is 24.0 Å². The lowest BCUT2D eigenvalue weighted by Gasteiger charge is -2.08. The van der Waals surface area contributed by atoms with E-state index in [0.29, 0.717) is 29.4 Å². The molecule has 0 spiro atoms. The fourth-order valence-corrected chi connectivity index (χ4v) is 2.90. The normalized spacial score (nSPS) is 12.8. The first-order chi connectivity index (χ1) is 9.60. The maximum Gasteiger partial charge on any atom is 0.167 e. The summed E-state index contributed by atoms with van der Waals surface area (Å²) in [6.07, 6.45) is 0. The number of alkyl halides is 1. The predicted molar refractivity (Wildman–Crippen MR) is 79.4 cm³/mol. The molecule has 0 fully saturated rings. The van der Waals surface area contributed by atoms with Gasteiger partial charge in [0, 0.05) is 41.0 Å². The average Bonchev–Trinajstić information content (AvgIpc) is 2.80. The summed E-state index contributed by atoms with van der Waals surface area (Å²) in [4.78, 5) is 4.31. The minimum atomic E-state index is -0.873. The Bertz CT molecular complexity index is 645. The minimum Gasteiger partial charge on any atom is -0.494 e. The highest BCUT2D eigenvalue weighted by molar-refractivity contribution is 7.84. The molecule has 0 saturated carbocycles. The molecule has 4 nitrogen and oxygen atoms in total. The van der Waals surface area contributed by atoms with E-state index in [0.717, 1.165) is 5.52 Å². The fourth-order valence-electron chi connectivity index (χ4n) is 2.02. The van der Waals surface area contributed by atoms with Crippen molar-refractivity contribution in [2.24, 2.45) is 0 Å². The van der Waals surface area contributed by atoms with Gasteiger partial charge in [0.15, 0.2) is 11.6 Å². The van der Waals surface area contributed by atoms with Crippen LogP contribution < -0.4 is 4.74 Å². The smallest absolute Gasteiger partial charge is 0.167 e. The first kappa shape index (κ1) is 15.3. The molecule has 0 radical (unpaired) electrons. The molecule has 1 unspecified atom stereocenters. The van der Waals surface area contributed by atoms with Crippen LogP contribution >= 0.6 is 11.6 Å². The summed E-state index contributed by atoms with van der Waals surface area (Å²) in [5, 5.41) is 0. The first-order valence-corrected chi connectivity index (χ1v) is 8.26. The van der Waals surface area contributed by atoms with Crippen LogP contribution in [0.3, 0.4) is 0 Å². The molecule has 1 atom stereocenters.